The predicted molar refractivity (Wildman–Crippen MR) is 81.9 cm³/mol. The van der Waals surface area contributed by atoms with Crippen LogP contribution in [0.3, 0.4) is 0 Å². The Morgan fingerprint density at radius 1 is 1.30 bits per heavy atom. The van der Waals surface area contributed by atoms with Gasteiger partial charge in [-0.05, 0) is 36.8 Å². The van der Waals surface area contributed by atoms with Gasteiger partial charge in [-0.25, -0.2) is 4.39 Å². The van der Waals surface area contributed by atoms with Crippen LogP contribution in [0.5, 0.6) is 5.75 Å². The first-order valence-electron chi connectivity index (χ1n) is 6.57. The lowest BCUT2D eigenvalue weighted by molar-refractivity contribution is 0.246. The Balaban J connectivity index is 1.63. The summed E-state index contributed by atoms with van der Waals surface area (Å²) in [5, 5.41) is 3.11. The molecule has 1 atom stereocenters. The summed E-state index contributed by atoms with van der Waals surface area (Å²) in [6.07, 6.45) is 0.914. The zero-order valence-corrected chi connectivity index (χ0v) is 12.7. The molecule has 20 heavy (non-hydrogen) atoms. The Labute approximate surface area is 126 Å². The second-order valence-corrected chi connectivity index (χ2v) is 5.98. The molecule has 2 aromatic carbocycles. The normalized spacial score (nSPS) is 16.6. The van der Waals surface area contributed by atoms with Gasteiger partial charge in [-0.15, -0.1) is 0 Å². The highest BCUT2D eigenvalue weighted by Gasteiger charge is 2.22. The molecule has 0 saturated carbocycles. The second-order valence-electron chi connectivity index (χ2n) is 5.06. The fourth-order valence-electron chi connectivity index (χ4n) is 2.42. The summed E-state index contributed by atoms with van der Waals surface area (Å²) in [5.74, 6) is 0.685. The largest absolute Gasteiger partial charge is 0.488 e. The molecule has 1 N–H and O–H groups in total. The van der Waals surface area contributed by atoms with Crippen LogP contribution in [0.15, 0.2) is 40.9 Å². The molecule has 2 nitrogen and oxygen atoms in total. The quantitative estimate of drug-likeness (QED) is 0.902. The zero-order chi connectivity index (χ0) is 14.1. The molecule has 1 heterocycles. The summed E-state index contributed by atoms with van der Waals surface area (Å²) in [6.45, 7) is 2.66. The molecular weight excluding hydrogens is 321 g/mol. The van der Waals surface area contributed by atoms with E-state index in [4.69, 9.17) is 4.74 Å². The third-order valence-corrected chi connectivity index (χ3v) is 3.90. The van der Waals surface area contributed by atoms with Crippen molar-refractivity contribution in [2.75, 3.05) is 11.9 Å². The van der Waals surface area contributed by atoms with Gasteiger partial charge in [-0.1, -0.05) is 33.6 Å². The summed E-state index contributed by atoms with van der Waals surface area (Å²) in [6, 6.07) is 11.2. The second kappa shape index (κ2) is 5.44. The first-order valence-corrected chi connectivity index (χ1v) is 7.36. The molecule has 1 aliphatic heterocycles. The Bertz CT molecular complexity index is 644. The van der Waals surface area contributed by atoms with Gasteiger partial charge in [0, 0.05) is 10.9 Å². The number of nitrogens with one attached hydrogen (secondary N) is 1. The lowest BCUT2D eigenvalue weighted by atomic mass is 10.1. The van der Waals surface area contributed by atoms with Crippen molar-refractivity contribution in [1.82, 2.24) is 0 Å². The van der Waals surface area contributed by atoms with E-state index in [1.807, 2.05) is 18.2 Å². The topological polar surface area (TPSA) is 21.3 Å². The fraction of sp³-hybridized carbons (Fsp3) is 0.250. The van der Waals surface area contributed by atoms with Gasteiger partial charge in [0.15, 0.2) is 0 Å². The minimum Gasteiger partial charge on any atom is -0.488 e. The van der Waals surface area contributed by atoms with Gasteiger partial charge in [0.2, 0.25) is 0 Å². The number of rotatable bonds is 3. The minimum atomic E-state index is -0.259. The van der Waals surface area contributed by atoms with Gasteiger partial charge >= 0.3 is 0 Å². The van der Waals surface area contributed by atoms with Gasteiger partial charge in [0.05, 0.1) is 12.2 Å². The van der Waals surface area contributed by atoms with Crippen molar-refractivity contribution in [3.05, 3.63) is 57.8 Å². The smallest absolute Gasteiger partial charge is 0.147 e. The Hall–Kier alpha value is -1.55. The van der Waals surface area contributed by atoms with Crippen LogP contribution < -0.4 is 10.1 Å². The van der Waals surface area contributed by atoms with E-state index in [-0.39, 0.29) is 11.9 Å². The Morgan fingerprint density at radius 2 is 2.15 bits per heavy atom. The number of hydrogen-bond donors (Lipinski definition) is 1. The SMILES string of the molecule is Cc1ccc2c(c1)CC(CNc1ccc(Br)cc1F)O2. The molecule has 1 aliphatic rings. The number of aryl methyl sites for hydroxylation is 1. The molecule has 0 radical (unpaired) electrons. The standard InChI is InChI=1S/C16H15BrFNO/c1-10-2-5-16-11(6-10)7-13(20-16)9-19-15-4-3-12(17)8-14(15)18/h2-6,8,13,19H,7,9H2,1H3. The van der Waals surface area contributed by atoms with E-state index < -0.39 is 0 Å². The highest BCUT2D eigenvalue weighted by Crippen LogP contribution is 2.29. The highest BCUT2D eigenvalue weighted by molar-refractivity contribution is 9.10. The average molecular weight is 336 g/mol. The molecule has 4 heteroatoms. The van der Waals surface area contributed by atoms with Crippen molar-refractivity contribution >= 4 is 21.6 Å². The van der Waals surface area contributed by atoms with Crippen molar-refractivity contribution in [2.45, 2.75) is 19.4 Å². The highest BCUT2D eigenvalue weighted by atomic mass is 79.9. The van der Waals surface area contributed by atoms with Gasteiger partial charge < -0.3 is 10.1 Å². The minimum absolute atomic E-state index is 0.0508. The predicted octanol–water partition coefficient (Wildman–Crippen LogP) is 4.31. The van der Waals surface area contributed by atoms with Crippen LogP contribution in [-0.2, 0) is 6.42 Å². The van der Waals surface area contributed by atoms with Crippen molar-refractivity contribution in [2.24, 2.45) is 0 Å². The fourth-order valence-corrected chi connectivity index (χ4v) is 2.75. The number of halogens is 2. The summed E-state index contributed by atoms with van der Waals surface area (Å²) in [4.78, 5) is 0. The lowest BCUT2D eigenvalue weighted by Gasteiger charge is -2.13. The zero-order valence-electron chi connectivity index (χ0n) is 11.1. The number of benzene rings is 2. The van der Waals surface area contributed by atoms with E-state index in [0.717, 1.165) is 16.6 Å². The summed E-state index contributed by atoms with van der Waals surface area (Å²) < 4.78 is 20.3. The van der Waals surface area contributed by atoms with E-state index in [1.165, 1.54) is 17.2 Å². The van der Waals surface area contributed by atoms with Crippen LogP contribution in [0, 0.1) is 12.7 Å². The average Bonchev–Trinajstić information content (AvgIpc) is 2.79. The first kappa shape index (κ1) is 13.4. The molecule has 3 rings (SSSR count). The number of hydrogen-bond acceptors (Lipinski definition) is 2. The summed E-state index contributed by atoms with van der Waals surface area (Å²) in [7, 11) is 0. The summed E-state index contributed by atoms with van der Waals surface area (Å²) in [5.41, 5.74) is 2.97. The van der Waals surface area contributed by atoms with Gasteiger partial charge in [-0.2, -0.15) is 0 Å². The van der Waals surface area contributed by atoms with Crippen molar-refractivity contribution in [3.63, 3.8) is 0 Å². The van der Waals surface area contributed by atoms with E-state index in [1.54, 1.807) is 6.07 Å². The molecule has 0 aromatic heterocycles. The molecule has 0 fully saturated rings. The monoisotopic (exact) mass is 335 g/mol. The van der Waals surface area contributed by atoms with Crippen LogP contribution in [-0.4, -0.2) is 12.6 Å². The third-order valence-electron chi connectivity index (χ3n) is 3.41. The molecular formula is C16H15BrFNO. The first-order chi connectivity index (χ1) is 9.61. The number of ether oxygens (including phenoxy) is 1. The maximum absolute atomic E-state index is 13.7. The van der Waals surface area contributed by atoms with E-state index in [2.05, 4.69) is 34.2 Å². The molecule has 2 aromatic rings. The van der Waals surface area contributed by atoms with Crippen LogP contribution in [0.25, 0.3) is 0 Å². The Kier molecular flexibility index (Phi) is 3.66. The maximum Gasteiger partial charge on any atom is 0.147 e. The molecule has 0 spiro atoms. The van der Waals surface area contributed by atoms with Crippen LogP contribution in [0.4, 0.5) is 10.1 Å². The van der Waals surface area contributed by atoms with Crippen molar-refractivity contribution in [3.8, 4) is 5.75 Å². The third kappa shape index (κ3) is 2.80. The molecule has 0 bridgehead atoms. The van der Waals surface area contributed by atoms with Gasteiger partial charge in [0.25, 0.3) is 0 Å². The number of fused-ring (bicyclic) bond motifs is 1. The van der Waals surface area contributed by atoms with E-state index in [9.17, 15) is 4.39 Å². The Morgan fingerprint density at radius 3 is 2.95 bits per heavy atom. The van der Waals surface area contributed by atoms with E-state index >= 15 is 0 Å². The summed E-state index contributed by atoms with van der Waals surface area (Å²) >= 11 is 3.25. The van der Waals surface area contributed by atoms with Crippen molar-refractivity contribution in [1.29, 1.82) is 0 Å². The number of anilines is 1. The molecule has 0 amide bonds. The van der Waals surface area contributed by atoms with Gasteiger partial charge in [0.1, 0.15) is 17.7 Å². The maximum atomic E-state index is 13.7. The van der Waals surface area contributed by atoms with Gasteiger partial charge in [-0.3, -0.25) is 0 Å². The van der Waals surface area contributed by atoms with Crippen LogP contribution in [0.2, 0.25) is 0 Å². The van der Waals surface area contributed by atoms with E-state index in [0.29, 0.717) is 12.2 Å². The molecule has 0 aliphatic carbocycles. The molecule has 104 valence electrons. The van der Waals surface area contributed by atoms with Crippen LogP contribution >= 0.6 is 15.9 Å². The lowest BCUT2D eigenvalue weighted by Crippen LogP contribution is -2.24. The van der Waals surface area contributed by atoms with Crippen molar-refractivity contribution < 1.29 is 9.13 Å². The molecule has 0 saturated heterocycles. The van der Waals surface area contributed by atoms with Crippen LogP contribution in [0.1, 0.15) is 11.1 Å². The molecule has 1 unspecified atom stereocenters.